The van der Waals surface area contributed by atoms with Crippen LogP contribution in [0.1, 0.15) is 50.6 Å². The molecule has 0 radical (unpaired) electrons. The van der Waals surface area contributed by atoms with Crippen LogP contribution in [0.5, 0.6) is 0 Å². The van der Waals surface area contributed by atoms with Crippen molar-refractivity contribution in [2.24, 2.45) is 0 Å². The Labute approximate surface area is 135 Å². The summed E-state index contributed by atoms with van der Waals surface area (Å²) in [5.41, 5.74) is 0. The lowest BCUT2D eigenvalue weighted by Gasteiger charge is -2.35. The molecule has 23 heavy (non-hydrogen) atoms. The number of carbonyl (C=O) groups excluding carboxylic acids is 1. The molecule has 3 rings (SSSR count). The number of rotatable bonds is 4. The maximum atomic E-state index is 12.9. The van der Waals surface area contributed by atoms with Gasteiger partial charge in [-0.05, 0) is 19.1 Å². The first-order valence-corrected chi connectivity index (χ1v) is 7.92. The van der Waals surface area contributed by atoms with Crippen LogP contribution in [0.15, 0.2) is 28.9 Å². The van der Waals surface area contributed by atoms with Gasteiger partial charge in [-0.3, -0.25) is 4.79 Å². The summed E-state index contributed by atoms with van der Waals surface area (Å²) in [5.74, 6) is 1.21. The van der Waals surface area contributed by atoms with E-state index in [9.17, 15) is 4.79 Å². The Morgan fingerprint density at radius 1 is 1.26 bits per heavy atom. The van der Waals surface area contributed by atoms with E-state index in [1.165, 1.54) is 0 Å². The second kappa shape index (κ2) is 6.54. The third-order valence-electron chi connectivity index (χ3n) is 4.08. The van der Waals surface area contributed by atoms with Gasteiger partial charge in [-0.15, -0.1) is 10.2 Å². The Kier molecular flexibility index (Phi) is 4.47. The van der Waals surface area contributed by atoms with Crippen molar-refractivity contribution in [1.29, 1.82) is 0 Å². The standard InChI is InChI=1S/C16H22N4O3/c1-11(2)14-17-18-15(23-14)13-10-22-9-8-20(13)16(21)12(3)19-6-4-5-7-19/h4-7,11-13H,8-10H2,1-3H3/t12-,13+/m1/s1. The van der Waals surface area contributed by atoms with Crippen molar-refractivity contribution in [3.63, 3.8) is 0 Å². The van der Waals surface area contributed by atoms with E-state index in [-0.39, 0.29) is 23.9 Å². The molecular weight excluding hydrogens is 296 g/mol. The van der Waals surface area contributed by atoms with Crippen LogP contribution in [0.25, 0.3) is 0 Å². The van der Waals surface area contributed by atoms with Gasteiger partial charge in [0.25, 0.3) is 0 Å². The normalized spacial score (nSPS) is 20.0. The average molecular weight is 318 g/mol. The number of amides is 1. The Balaban J connectivity index is 1.81. The van der Waals surface area contributed by atoms with Gasteiger partial charge in [-0.2, -0.15) is 0 Å². The summed E-state index contributed by atoms with van der Waals surface area (Å²) in [6.45, 7) is 7.30. The van der Waals surface area contributed by atoms with Crippen molar-refractivity contribution in [2.75, 3.05) is 19.8 Å². The number of hydrogen-bond donors (Lipinski definition) is 0. The molecule has 1 saturated heterocycles. The number of morpholine rings is 1. The largest absolute Gasteiger partial charge is 0.423 e. The molecule has 1 aliphatic rings. The molecule has 0 aliphatic carbocycles. The van der Waals surface area contributed by atoms with Crippen LogP contribution in [-0.2, 0) is 9.53 Å². The first-order valence-electron chi connectivity index (χ1n) is 7.92. The monoisotopic (exact) mass is 318 g/mol. The highest BCUT2D eigenvalue weighted by molar-refractivity contribution is 5.80. The fourth-order valence-corrected chi connectivity index (χ4v) is 2.66. The van der Waals surface area contributed by atoms with E-state index in [2.05, 4.69) is 10.2 Å². The smallest absolute Gasteiger partial charge is 0.246 e. The van der Waals surface area contributed by atoms with Crippen molar-refractivity contribution >= 4 is 5.91 Å². The van der Waals surface area contributed by atoms with E-state index in [1.54, 1.807) is 4.90 Å². The summed E-state index contributed by atoms with van der Waals surface area (Å²) < 4.78 is 13.2. The van der Waals surface area contributed by atoms with E-state index < -0.39 is 0 Å². The zero-order chi connectivity index (χ0) is 16.4. The van der Waals surface area contributed by atoms with Crippen LogP contribution in [0, 0.1) is 0 Å². The maximum Gasteiger partial charge on any atom is 0.246 e. The summed E-state index contributed by atoms with van der Waals surface area (Å²) in [6, 6.07) is 3.22. The molecule has 2 atom stereocenters. The molecule has 0 spiro atoms. The molecule has 1 fully saturated rings. The van der Waals surface area contributed by atoms with Crippen LogP contribution < -0.4 is 0 Å². The minimum Gasteiger partial charge on any atom is -0.423 e. The maximum absolute atomic E-state index is 12.9. The number of hydrogen-bond acceptors (Lipinski definition) is 5. The molecule has 7 heteroatoms. The van der Waals surface area contributed by atoms with Gasteiger partial charge in [0.2, 0.25) is 17.7 Å². The Bertz CT molecular complexity index is 650. The number of ether oxygens (including phenoxy) is 1. The van der Waals surface area contributed by atoms with E-state index in [4.69, 9.17) is 9.15 Å². The van der Waals surface area contributed by atoms with E-state index in [1.807, 2.05) is 49.9 Å². The molecule has 0 aromatic carbocycles. The Hall–Kier alpha value is -2.15. The summed E-state index contributed by atoms with van der Waals surface area (Å²) >= 11 is 0. The first kappa shape index (κ1) is 15.7. The van der Waals surface area contributed by atoms with Crippen molar-refractivity contribution in [1.82, 2.24) is 19.7 Å². The Morgan fingerprint density at radius 3 is 2.65 bits per heavy atom. The van der Waals surface area contributed by atoms with Crippen LogP contribution >= 0.6 is 0 Å². The molecule has 0 unspecified atom stereocenters. The average Bonchev–Trinajstić information content (AvgIpc) is 3.24. The molecule has 7 nitrogen and oxygen atoms in total. The lowest BCUT2D eigenvalue weighted by molar-refractivity contribution is -0.144. The quantitative estimate of drug-likeness (QED) is 0.863. The van der Waals surface area contributed by atoms with Gasteiger partial charge in [-0.1, -0.05) is 13.8 Å². The number of aromatic nitrogens is 3. The van der Waals surface area contributed by atoms with Gasteiger partial charge in [0.05, 0.1) is 13.2 Å². The molecule has 1 amide bonds. The molecule has 2 aromatic rings. The highest BCUT2D eigenvalue weighted by Gasteiger charge is 2.35. The van der Waals surface area contributed by atoms with E-state index >= 15 is 0 Å². The highest BCUT2D eigenvalue weighted by atomic mass is 16.5. The fraction of sp³-hybridized carbons (Fsp3) is 0.562. The molecule has 0 bridgehead atoms. The predicted octanol–water partition coefficient (Wildman–Crippen LogP) is 2.16. The van der Waals surface area contributed by atoms with Gasteiger partial charge in [0, 0.05) is 24.9 Å². The molecular formula is C16H22N4O3. The van der Waals surface area contributed by atoms with Crippen molar-refractivity contribution in [3.8, 4) is 0 Å². The van der Waals surface area contributed by atoms with E-state index in [0.717, 1.165) is 0 Å². The fourth-order valence-electron chi connectivity index (χ4n) is 2.66. The minimum absolute atomic E-state index is 0.0267. The van der Waals surface area contributed by atoms with Crippen LogP contribution in [0.3, 0.4) is 0 Å². The molecule has 124 valence electrons. The topological polar surface area (TPSA) is 73.4 Å². The van der Waals surface area contributed by atoms with Crippen LogP contribution in [0.4, 0.5) is 0 Å². The Morgan fingerprint density at radius 2 is 2.00 bits per heavy atom. The summed E-state index contributed by atoms with van der Waals surface area (Å²) in [6.07, 6.45) is 3.78. The molecule has 0 N–H and O–H groups in total. The SMILES string of the molecule is CC(C)c1nnc([C@@H]2COCCN2C(=O)[C@@H](C)n2cccc2)o1. The first-order chi connectivity index (χ1) is 11.1. The van der Waals surface area contributed by atoms with E-state index in [0.29, 0.717) is 31.5 Å². The van der Waals surface area contributed by atoms with Crippen molar-refractivity contribution in [3.05, 3.63) is 36.3 Å². The van der Waals surface area contributed by atoms with Crippen LogP contribution in [-0.4, -0.2) is 45.3 Å². The summed E-state index contributed by atoms with van der Waals surface area (Å²) in [5, 5.41) is 8.18. The van der Waals surface area contributed by atoms with Crippen molar-refractivity contribution in [2.45, 2.75) is 38.8 Å². The second-order valence-corrected chi connectivity index (χ2v) is 6.06. The lowest BCUT2D eigenvalue weighted by Crippen LogP contribution is -2.46. The summed E-state index contributed by atoms with van der Waals surface area (Å²) in [4.78, 5) is 14.7. The van der Waals surface area contributed by atoms with Gasteiger partial charge < -0.3 is 18.6 Å². The third kappa shape index (κ3) is 3.14. The predicted molar refractivity (Wildman–Crippen MR) is 82.8 cm³/mol. The number of nitrogens with zero attached hydrogens (tertiary/aromatic N) is 4. The zero-order valence-corrected chi connectivity index (χ0v) is 13.7. The van der Waals surface area contributed by atoms with Gasteiger partial charge >= 0.3 is 0 Å². The molecule has 3 heterocycles. The van der Waals surface area contributed by atoms with Crippen LogP contribution in [0.2, 0.25) is 0 Å². The molecule has 0 saturated carbocycles. The van der Waals surface area contributed by atoms with Crippen molar-refractivity contribution < 1.29 is 13.9 Å². The van der Waals surface area contributed by atoms with Gasteiger partial charge in [0.1, 0.15) is 12.1 Å². The third-order valence-corrected chi connectivity index (χ3v) is 4.08. The lowest BCUT2D eigenvalue weighted by atomic mass is 10.1. The minimum atomic E-state index is -0.325. The van der Waals surface area contributed by atoms with Gasteiger partial charge in [-0.25, -0.2) is 0 Å². The molecule has 1 aliphatic heterocycles. The molecule has 2 aromatic heterocycles. The summed E-state index contributed by atoms with van der Waals surface area (Å²) in [7, 11) is 0. The highest BCUT2D eigenvalue weighted by Crippen LogP contribution is 2.27. The second-order valence-electron chi connectivity index (χ2n) is 6.06. The number of carbonyl (C=O) groups is 1. The van der Waals surface area contributed by atoms with Gasteiger partial charge in [0.15, 0.2) is 0 Å². The zero-order valence-electron chi connectivity index (χ0n) is 13.7.